The first-order valence-corrected chi connectivity index (χ1v) is 8.22. The summed E-state index contributed by atoms with van der Waals surface area (Å²) in [7, 11) is 0. The number of nitrogens with two attached hydrogens (primary N) is 1. The van der Waals surface area contributed by atoms with Crippen molar-refractivity contribution in [3.8, 4) is 0 Å². The van der Waals surface area contributed by atoms with Gasteiger partial charge in [0, 0.05) is 11.5 Å². The van der Waals surface area contributed by atoms with Gasteiger partial charge in [-0.1, -0.05) is 13.8 Å². The fourth-order valence-corrected chi connectivity index (χ4v) is 4.16. The smallest absolute Gasteiger partial charge is 0.0882 e. The second kappa shape index (κ2) is 5.55. The monoisotopic (exact) mass is 281 g/mol. The van der Waals surface area contributed by atoms with Crippen LogP contribution in [0.15, 0.2) is 11.4 Å². The molecular weight excluding hydrogens is 254 g/mol. The van der Waals surface area contributed by atoms with Crippen molar-refractivity contribution in [2.24, 2.45) is 11.1 Å². The van der Waals surface area contributed by atoms with E-state index in [4.69, 9.17) is 10.5 Å². The van der Waals surface area contributed by atoms with Crippen LogP contribution in [0, 0.1) is 12.3 Å². The number of rotatable bonds is 4. The molecule has 0 saturated heterocycles. The molecule has 1 aromatic heterocycles. The second-order valence-electron chi connectivity index (χ2n) is 6.61. The summed E-state index contributed by atoms with van der Waals surface area (Å²) in [5.74, 6) is 0. The Kier molecular flexibility index (Phi) is 4.38. The Bertz CT molecular complexity index is 414. The van der Waals surface area contributed by atoms with Crippen molar-refractivity contribution in [2.75, 3.05) is 6.61 Å². The highest BCUT2D eigenvalue weighted by Crippen LogP contribution is 2.47. The van der Waals surface area contributed by atoms with Crippen molar-refractivity contribution >= 4 is 11.3 Å². The highest BCUT2D eigenvalue weighted by molar-refractivity contribution is 7.10. The third-order valence-corrected chi connectivity index (χ3v) is 5.73. The van der Waals surface area contributed by atoms with Gasteiger partial charge >= 0.3 is 0 Å². The lowest BCUT2D eigenvalue weighted by Gasteiger charge is -2.46. The van der Waals surface area contributed by atoms with Crippen LogP contribution in [0.2, 0.25) is 0 Å². The zero-order valence-electron chi connectivity index (χ0n) is 12.7. The number of hydrogen-bond donors (Lipinski definition) is 1. The summed E-state index contributed by atoms with van der Waals surface area (Å²) in [5, 5.41) is 2.14. The predicted octanol–water partition coefficient (Wildman–Crippen LogP) is 4.43. The fourth-order valence-electron chi connectivity index (χ4n) is 3.12. The lowest BCUT2D eigenvalue weighted by molar-refractivity contribution is -0.0995. The molecule has 1 atom stereocenters. The maximum atomic E-state index is 6.61. The van der Waals surface area contributed by atoms with Crippen LogP contribution in [0.3, 0.4) is 0 Å². The van der Waals surface area contributed by atoms with E-state index in [0.29, 0.717) is 5.41 Å². The largest absolute Gasteiger partial charge is 0.373 e. The molecule has 0 amide bonds. The number of ether oxygens (including phenoxy) is 1. The SMILES string of the molecule is CCOC1(C(N)c2sccc2C)CCC(C)(C)CC1. The van der Waals surface area contributed by atoms with E-state index in [1.807, 2.05) is 0 Å². The molecule has 1 saturated carbocycles. The first-order chi connectivity index (χ1) is 8.90. The Morgan fingerprint density at radius 1 is 1.32 bits per heavy atom. The van der Waals surface area contributed by atoms with Gasteiger partial charge < -0.3 is 10.5 Å². The third kappa shape index (κ3) is 3.04. The summed E-state index contributed by atoms with van der Waals surface area (Å²) in [6.45, 7) is 9.68. The average Bonchev–Trinajstić information content (AvgIpc) is 2.78. The fraction of sp³-hybridized carbons (Fsp3) is 0.750. The van der Waals surface area contributed by atoms with Gasteiger partial charge in [0.15, 0.2) is 0 Å². The number of hydrogen-bond acceptors (Lipinski definition) is 3. The van der Waals surface area contributed by atoms with Crippen LogP contribution in [-0.2, 0) is 4.74 Å². The molecule has 0 radical (unpaired) electrons. The van der Waals surface area contributed by atoms with Gasteiger partial charge in [0.2, 0.25) is 0 Å². The van der Waals surface area contributed by atoms with Gasteiger partial charge in [-0.15, -0.1) is 11.3 Å². The Hall–Kier alpha value is -0.380. The van der Waals surface area contributed by atoms with Crippen LogP contribution < -0.4 is 5.73 Å². The van der Waals surface area contributed by atoms with Crippen molar-refractivity contribution in [3.05, 3.63) is 21.9 Å². The molecule has 2 rings (SSSR count). The number of thiophene rings is 1. The minimum absolute atomic E-state index is 0.0172. The molecule has 2 nitrogen and oxygen atoms in total. The Morgan fingerprint density at radius 3 is 2.42 bits per heavy atom. The summed E-state index contributed by atoms with van der Waals surface area (Å²) < 4.78 is 6.19. The van der Waals surface area contributed by atoms with Crippen molar-refractivity contribution in [3.63, 3.8) is 0 Å². The first-order valence-electron chi connectivity index (χ1n) is 7.34. The molecular formula is C16H27NOS. The molecule has 3 heteroatoms. The van der Waals surface area contributed by atoms with Crippen molar-refractivity contribution in [2.45, 2.75) is 65.0 Å². The van der Waals surface area contributed by atoms with E-state index in [1.165, 1.54) is 23.3 Å². The molecule has 1 heterocycles. The van der Waals surface area contributed by atoms with E-state index < -0.39 is 0 Å². The van der Waals surface area contributed by atoms with Gasteiger partial charge in [0.25, 0.3) is 0 Å². The van der Waals surface area contributed by atoms with Crippen molar-refractivity contribution < 1.29 is 4.74 Å². The van der Waals surface area contributed by atoms with Gasteiger partial charge in [-0.25, -0.2) is 0 Å². The van der Waals surface area contributed by atoms with Crippen LogP contribution in [-0.4, -0.2) is 12.2 Å². The summed E-state index contributed by atoms with van der Waals surface area (Å²) in [5.41, 5.74) is 8.20. The minimum atomic E-state index is -0.153. The molecule has 0 spiro atoms. The quantitative estimate of drug-likeness (QED) is 0.886. The van der Waals surface area contributed by atoms with Crippen LogP contribution in [0.5, 0.6) is 0 Å². The average molecular weight is 281 g/mol. The summed E-state index contributed by atoms with van der Waals surface area (Å²) in [6.07, 6.45) is 4.55. The maximum absolute atomic E-state index is 6.61. The van der Waals surface area contributed by atoms with E-state index in [0.717, 1.165) is 19.4 Å². The zero-order valence-corrected chi connectivity index (χ0v) is 13.5. The van der Waals surface area contributed by atoms with Crippen LogP contribution in [0.1, 0.15) is 62.9 Å². The standard InChI is InChI=1S/C16H27NOS/c1-5-18-16(9-7-15(3,4)8-10-16)14(17)13-12(2)6-11-19-13/h6,11,14H,5,7-10,17H2,1-4H3. The topological polar surface area (TPSA) is 35.2 Å². The van der Waals surface area contributed by atoms with E-state index in [2.05, 4.69) is 39.1 Å². The maximum Gasteiger partial charge on any atom is 0.0882 e. The molecule has 1 aliphatic rings. The van der Waals surface area contributed by atoms with Crippen LogP contribution >= 0.6 is 11.3 Å². The Morgan fingerprint density at radius 2 is 1.95 bits per heavy atom. The Labute approximate surface area is 121 Å². The van der Waals surface area contributed by atoms with Gasteiger partial charge in [-0.05, 0) is 62.0 Å². The molecule has 0 aliphatic heterocycles. The molecule has 19 heavy (non-hydrogen) atoms. The first kappa shape index (κ1) is 15.0. The third-order valence-electron chi connectivity index (χ3n) is 4.63. The highest BCUT2D eigenvalue weighted by Gasteiger charge is 2.44. The molecule has 108 valence electrons. The molecule has 0 bridgehead atoms. The molecule has 1 fully saturated rings. The highest BCUT2D eigenvalue weighted by atomic mass is 32.1. The molecule has 0 aromatic carbocycles. The summed E-state index contributed by atoms with van der Waals surface area (Å²) >= 11 is 1.77. The zero-order chi connectivity index (χ0) is 14.1. The summed E-state index contributed by atoms with van der Waals surface area (Å²) in [4.78, 5) is 1.30. The van der Waals surface area contributed by atoms with Crippen LogP contribution in [0.25, 0.3) is 0 Å². The van der Waals surface area contributed by atoms with Crippen LogP contribution in [0.4, 0.5) is 0 Å². The molecule has 2 N–H and O–H groups in total. The normalized spacial score (nSPS) is 23.2. The van der Waals surface area contributed by atoms with Crippen molar-refractivity contribution in [1.82, 2.24) is 0 Å². The lowest BCUT2D eigenvalue weighted by atomic mass is 9.68. The van der Waals surface area contributed by atoms with Gasteiger partial charge in [0.05, 0.1) is 11.6 Å². The van der Waals surface area contributed by atoms with E-state index in [-0.39, 0.29) is 11.6 Å². The summed E-state index contributed by atoms with van der Waals surface area (Å²) in [6, 6.07) is 2.18. The van der Waals surface area contributed by atoms with Gasteiger partial charge in [-0.2, -0.15) is 0 Å². The Balaban J connectivity index is 2.23. The van der Waals surface area contributed by atoms with E-state index >= 15 is 0 Å². The predicted molar refractivity (Wildman–Crippen MR) is 82.6 cm³/mol. The second-order valence-corrected chi connectivity index (χ2v) is 7.56. The van der Waals surface area contributed by atoms with Gasteiger partial charge in [0.1, 0.15) is 0 Å². The van der Waals surface area contributed by atoms with E-state index in [9.17, 15) is 0 Å². The number of aryl methyl sites for hydroxylation is 1. The van der Waals surface area contributed by atoms with E-state index in [1.54, 1.807) is 11.3 Å². The van der Waals surface area contributed by atoms with Crippen molar-refractivity contribution in [1.29, 1.82) is 0 Å². The molecule has 1 unspecified atom stereocenters. The lowest BCUT2D eigenvalue weighted by Crippen LogP contribution is -2.47. The van der Waals surface area contributed by atoms with Gasteiger partial charge in [-0.3, -0.25) is 0 Å². The minimum Gasteiger partial charge on any atom is -0.373 e. The molecule has 1 aliphatic carbocycles. The molecule has 1 aromatic rings.